The summed E-state index contributed by atoms with van der Waals surface area (Å²) in [6.07, 6.45) is 1.52. The molecule has 0 atom stereocenters. The quantitative estimate of drug-likeness (QED) is 0.155. The van der Waals surface area contributed by atoms with Crippen LogP contribution >= 0.6 is 0 Å². The van der Waals surface area contributed by atoms with Crippen molar-refractivity contribution in [1.29, 1.82) is 0 Å². The molecule has 8 bridgehead atoms. The number of rotatable bonds is 6. The topological polar surface area (TPSA) is 122 Å². The largest absolute Gasteiger partial charge is 0.493 e. The van der Waals surface area contributed by atoms with Gasteiger partial charge in [0, 0.05) is 87.1 Å². The van der Waals surface area contributed by atoms with Crippen molar-refractivity contribution in [1.82, 2.24) is 25.3 Å². The number of aromatic nitrogens is 4. The zero-order valence-corrected chi connectivity index (χ0v) is 28.2. The van der Waals surface area contributed by atoms with Crippen molar-refractivity contribution in [2.24, 2.45) is 5.73 Å². The molecule has 2 aliphatic heterocycles. The van der Waals surface area contributed by atoms with Gasteiger partial charge < -0.3 is 25.8 Å². The first-order valence-corrected chi connectivity index (χ1v) is 16.5. The fourth-order valence-electron chi connectivity index (χ4n) is 6.82. The number of amides is 1. The van der Waals surface area contributed by atoms with Crippen molar-refractivity contribution in [3.63, 3.8) is 0 Å². The number of nitrogens with two attached hydrogens (primary N) is 1. The first-order valence-electron chi connectivity index (χ1n) is 16.5. The Morgan fingerprint density at radius 2 is 1.46 bits per heavy atom. The lowest BCUT2D eigenvalue weighted by atomic mass is 9.86. The second-order valence-electron chi connectivity index (χ2n) is 14.1. The number of H-pyrrole nitrogens is 2. The number of carbonyl (C=O) groups excluding carboxylic acids is 1. The molecule has 0 saturated carbocycles. The smallest absolute Gasteiger partial charge is 0.251 e. The van der Waals surface area contributed by atoms with E-state index < -0.39 is 0 Å². The van der Waals surface area contributed by atoms with E-state index >= 15 is 0 Å². The van der Waals surface area contributed by atoms with Crippen LogP contribution in [0.5, 0.6) is 5.75 Å². The number of nitrogens with one attached hydrogen (secondary N) is 3. The number of carbonyl (C=O) groups is 1. The number of methoxy groups -OCH3 is 1. The van der Waals surface area contributed by atoms with E-state index in [-0.39, 0.29) is 16.7 Å². The Morgan fingerprint density at radius 1 is 0.812 bits per heavy atom. The van der Waals surface area contributed by atoms with Crippen LogP contribution in [0.1, 0.15) is 60.8 Å². The highest BCUT2D eigenvalue weighted by Crippen LogP contribution is 2.40. The molecule has 1 amide bonds. The van der Waals surface area contributed by atoms with Gasteiger partial charge in [-0.1, -0.05) is 70.2 Å². The van der Waals surface area contributed by atoms with Crippen molar-refractivity contribution in [3.05, 3.63) is 113 Å². The average molecular weight is 639 g/mol. The molecule has 8 nitrogen and oxygen atoms in total. The first-order chi connectivity index (χ1) is 23.0. The Kier molecular flexibility index (Phi) is 7.92. The number of benzene rings is 2. The van der Waals surface area contributed by atoms with E-state index in [4.69, 9.17) is 20.4 Å². The van der Waals surface area contributed by atoms with Gasteiger partial charge in [-0.15, -0.1) is 0 Å². The van der Waals surface area contributed by atoms with E-state index in [1.54, 1.807) is 7.11 Å². The molecule has 0 saturated heterocycles. The standard InChI is InChI=1S/C40H42N6O2/c1-39(2)22-29-19-32-30(25-11-13-26(14-12-25)38(47)42-16-15-41)17-27(43-32)20-35-40(3,4)23-33(46-35)37(48-5)36-31(24-9-7-6-8-10-24)18-28(45-36)21-34(39)44-29/h6-14,17-21,43,45H,15-16,22-23,41H2,1-5H3,(H,42,47). The van der Waals surface area contributed by atoms with Gasteiger partial charge in [-0.3, -0.25) is 14.8 Å². The van der Waals surface area contributed by atoms with Gasteiger partial charge >= 0.3 is 0 Å². The molecule has 7 rings (SSSR count). The van der Waals surface area contributed by atoms with Gasteiger partial charge in [0.15, 0.2) is 5.75 Å². The second kappa shape index (κ2) is 12.1. The maximum Gasteiger partial charge on any atom is 0.251 e. The molecule has 0 unspecified atom stereocenters. The molecule has 5 aromatic rings. The molecule has 0 radical (unpaired) electrons. The predicted octanol–water partition coefficient (Wildman–Crippen LogP) is 7.39. The van der Waals surface area contributed by atoms with E-state index in [0.717, 1.165) is 85.7 Å². The Bertz CT molecular complexity index is 2180. The lowest BCUT2D eigenvalue weighted by Crippen LogP contribution is -2.28. The van der Waals surface area contributed by atoms with Crippen molar-refractivity contribution >= 4 is 28.0 Å². The van der Waals surface area contributed by atoms with Gasteiger partial charge in [-0.05, 0) is 53.6 Å². The first kappa shape index (κ1) is 31.4. The SMILES string of the molecule is COc1c2nc(cc3cc(-c4ccc(C(=O)NCCN)cc4)c(cc4nc(cc5cc(-c6ccccc6)c1[nH]5)C(C)(C)C4)[nH]3)C(C)(C)C2. The van der Waals surface area contributed by atoms with Crippen molar-refractivity contribution in [3.8, 4) is 28.0 Å². The van der Waals surface area contributed by atoms with Crippen molar-refractivity contribution in [2.45, 2.75) is 51.4 Å². The fraction of sp³-hybridized carbons (Fsp3) is 0.275. The van der Waals surface area contributed by atoms with E-state index in [2.05, 4.69) is 97.6 Å². The molecule has 5 N–H and O–H groups in total. The Morgan fingerprint density at radius 3 is 2.17 bits per heavy atom. The van der Waals surface area contributed by atoms with Crippen LogP contribution in [0, 0.1) is 0 Å². The summed E-state index contributed by atoms with van der Waals surface area (Å²) in [7, 11) is 1.72. The van der Waals surface area contributed by atoms with Crippen LogP contribution in [0.2, 0.25) is 0 Å². The molecule has 244 valence electrons. The monoisotopic (exact) mass is 638 g/mol. The molecule has 5 heterocycles. The average Bonchev–Trinajstić information content (AvgIpc) is 3.80. The summed E-state index contributed by atoms with van der Waals surface area (Å²) >= 11 is 0. The number of hydrogen-bond donors (Lipinski definition) is 4. The molecular weight excluding hydrogens is 596 g/mol. The summed E-state index contributed by atoms with van der Waals surface area (Å²) < 4.78 is 6.17. The van der Waals surface area contributed by atoms with Crippen LogP contribution in [-0.2, 0) is 23.7 Å². The minimum atomic E-state index is -0.224. The highest BCUT2D eigenvalue weighted by Gasteiger charge is 2.32. The Labute approximate surface area is 280 Å². The van der Waals surface area contributed by atoms with Crippen molar-refractivity contribution in [2.75, 3.05) is 20.2 Å². The molecular formula is C40H42N6O2. The van der Waals surface area contributed by atoms with Crippen LogP contribution in [0.25, 0.3) is 44.3 Å². The minimum Gasteiger partial charge on any atom is -0.493 e. The summed E-state index contributed by atoms with van der Waals surface area (Å²) in [4.78, 5) is 30.3. The molecule has 48 heavy (non-hydrogen) atoms. The number of nitrogens with zero attached hydrogens (tertiary/aromatic N) is 2. The van der Waals surface area contributed by atoms with Gasteiger partial charge in [0.05, 0.1) is 18.3 Å². The maximum atomic E-state index is 12.5. The van der Waals surface area contributed by atoms with Gasteiger partial charge in [-0.25, -0.2) is 0 Å². The third kappa shape index (κ3) is 5.88. The van der Waals surface area contributed by atoms with Crippen LogP contribution < -0.4 is 15.8 Å². The molecule has 0 spiro atoms. The van der Waals surface area contributed by atoms with Crippen molar-refractivity contribution < 1.29 is 9.53 Å². The van der Waals surface area contributed by atoms with Gasteiger partial charge in [0.2, 0.25) is 0 Å². The summed E-state index contributed by atoms with van der Waals surface area (Å²) in [6, 6.07) is 28.9. The van der Waals surface area contributed by atoms with Gasteiger partial charge in [0.1, 0.15) is 0 Å². The highest BCUT2D eigenvalue weighted by molar-refractivity contribution is 5.95. The van der Waals surface area contributed by atoms with E-state index in [0.29, 0.717) is 18.7 Å². The molecule has 2 aliphatic rings. The molecule has 3 aromatic heterocycles. The van der Waals surface area contributed by atoms with E-state index in [1.165, 1.54) is 0 Å². The van der Waals surface area contributed by atoms with E-state index in [9.17, 15) is 4.79 Å². The molecule has 0 aliphatic carbocycles. The number of fused-ring (bicyclic) bond motifs is 8. The fourth-order valence-corrected chi connectivity index (χ4v) is 6.82. The normalized spacial score (nSPS) is 14.9. The number of aromatic amines is 2. The second-order valence-corrected chi connectivity index (χ2v) is 14.1. The Balaban J connectivity index is 1.50. The highest BCUT2D eigenvalue weighted by atomic mass is 16.5. The lowest BCUT2D eigenvalue weighted by Gasteiger charge is -2.16. The summed E-state index contributed by atoms with van der Waals surface area (Å²) in [5.74, 6) is 0.612. The predicted molar refractivity (Wildman–Crippen MR) is 193 cm³/mol. The zero-order chi connectivity index (χ0) is 33.6. The molecule has 0 fully saturated rings. The molecule has 2 aromatic carbocycles. The minimum absolute atomic E-state index is 0.133. The molecule has 8 heteroatoms. The summed E-state index contributed by atoms with van der Waals surface area (Å²) in [6.45, 7) is 9.76. The number of hydrogen-bond acceptors (Lipinski definition) is 5. The third-order valence-electron chi connectivity index (χ3n) is 9.41. The van der Waals surface area contributed by atoms with Crippen LogP contribution in [0.3, 0.4) is 0 Å². The maximum absolute atomic E-state index is 12.5. The summed E-state index contributed by atoms with van der Waals surface area (Å²) in [5, 5.41) is 2.84. The van der Waals surface area contributed by atoms with Gasteiger partial charge in [-0.2, -0.15) is 0 Å². The van der Waals surface area contributed by atoms with Crippen LogP contribution in [-0.4, -0.2) is 46.0 Å². The van der Waals surface area contributed by atoms with Crippen LogP contribution in [0.15, 0.2) is 84.9 Å². The van der Waals surface area contributed by atoms with Crippen LogP contribution in [0.4, 0.5) is 0 Å². The van der Waals surface area contributed by atoms with E-state index in [1.807, 2.05) is 30.3 Å². The Hall–Kier alpha value is -5.21. The third-order valence-corrected chi connectivity index (χ3v) is 9.41. The number of ether oxygens (including phenoxy) is 1. The summed E-state index contributed by atoms with van der Waals surface area (Å²) in [5.41, 5.74) is 17.6. The zero-order valence-electron chi connectivity index (χ0n) is 28.2. The van der Waals surface area contributed by atoms with Gasteiger partial charge in [0.25, 0.3) is 5.91 Å². The lowest BCUT2D eigenvalue weighted by molar-refractivity contribution is 0.0954.